The van der Waals surface area contributed by atoms with Gasteiger partial charge in [-0.05, 0) is 43.6 Å². The normalized spacial score (nSPS) is 21.2. The molecule has 1 saturated carbocycles. The summed E-state index contributed by atoms with van der Waals surface area (Å²) < 4.78 is 37.2. The first kappa shape index (κ1) is 21.0. The van der Waals surface area contributed by atoms with Crippen molar-refractivity contribution in [2.24, 2.45) is 5.92 Å². The molecule has 0 unspecified atom stereocenters. The van der Waals surface area contributed by atoms with Crippen LogP contribution >= 0.6 is 0 Å². The molecule has 1 N–H and O–H groups in total. The second kappa shape index (κ2) is 9.17. The van der Waals surface area contributed by atoms with Crippen LogP contribution in [0.3, 0.4) is 0 Å². The fourth-order valence-electron chi connectivity index (χ4n) is 3.78. The van der Waals surface area contributed by atoms with Gasteiger partial charge in [0, 0.05) is 50.9 Å². The quantitative estimate of drug-likeness (QED) is 0.840. The van der Waals surface area contributed by atoms with E-state index < -0.39 is 12.1 Å². The number of aliphatic carboxylic acids is 1. The average Bonchev–Trinajstić information content (AvgIpc) is 3.50. The molecule has 2 aliphatic heterocycles. The van der Waals surface area contributed by atoms with E-state index in [1.807, 2.05) is 0 Å². The summed E-state index contributed by atoms with van der Waals surface area (Å²) in [6.45, 7) is 5.48. The highest BCUT2D eigenvalue weighted by atomic mass is 19.4. The number of halogens is 3. The van der Waals surface area contributed by atoms with Crippen molar-refractivity contribution in [1.82, 2.24) is 14.9 Å². The largest absolute Gasteiger partial charge is 0.490 e. The molecule has 0 aromatic carbocycles. The Kier molecular flexibility index (Phi) is 6.87. The Labute approximate surface area is 162 Å². The highest BCUT2D eigenvalue weighted by molar-refractivity contribution is 5.73. The fourth-order valence-corrected chi connectivity index (χ4v) is 3.78. The predicted octanol–water partition coefficient (Wildman–Crippen LogP) is 2.81. The topological polar surface area (TPSA) is 75.5 Å². The molecule has 0 atom stereocenters. The lowest BCUT2D eigenvalue weighted by Gasteiger charge is -2.28. The first-order valence-corrected chi connectivity index (χ1v) is 9.77. The van der Waals surface area contributed by atoms with Crippen LogP contribution in [0.1, 0.15) is 48.6 Å². The fraction of sp³-hybridized carbons (Fsp3) is 0.737. The number of hydrogen-bond donors (Lipinski definition) is 1. The van der Waals surface area contributed by atoms with E-state index in [0.29, 0.717) is 0 Å². The Balaban J connectivity index is 0.000000279. The van der Waals surface area contributed by atoms with Crippen molar-refractivity contribution in [3.05, 3.63) is 23.3 Å². The Morgan fingerprint density at radius 3 is 2.39 bits per heavy atom. The van der Waals surface area contributed by atoms with Crippen LogP contribution in [0.5, 0.6) is 0 Å². The van der Waals surface area contributed by atoms with Crippen LogP contribution in [-0.4, -0.2) is 65.0 Å². The zero-order chi connectivity index (χ0) is 20.1. The maximum atomic E-state index is 10.6. The van der Waals surface area contributed by atoms with Gasteiger partial charge in [0.15, 0.2) is 0 Å². The predicted molar refractivity (Wildman–Crippen MR) is 95.1 cm³/mol. The number of carbonyl (C=O) groups is 1. The van der Waals surface area contributed by atoms with E-state index in [4.69, 9.17) is 14.6 Å². The molecule has 1 aromatic rings. The summed E-state index contributed by atoms with van der Waals surface area (Å²) in [5, 5.41) is 7.12. The summed E-state index contributed by atoms with van der Waals surface area (Å²) in [6.07, 6.45) is 4.07. The van der Waals surface area contributed by atoms with E-state index in [0.717, 1.165) is 44.4 Å². The zero-order valence-electron chi connectivity index (χ0n) is 15.7. The van der Waals surface area contributed by atoms with Crippen LogP contribution in [0.4, 0.5) is 13.2 Å². The Bertz CT molecular complexity index is 674. The zero-order valence-corrected chi connectivity index (χ0v) is 15.7. The molecule has 0 bridgehead atoms. The van der Waals surface area contributed by atoms with Crippen LogP contribution in [0.2, 0.25) is 0 Å². The number of carboxylic acids is 1. The number of nitrogens with zero attached hydrogens (tertiary/aromatic N) is 3. The van der Waals surface area contributed by atoms with Crippen molar-refractivity contribution < 1.29 is 27.8 Å². The van der Waals surface area contributed by atoms with E-state index in [-0.39, 0.29) is 0 Å². The first-order chi connectivity index (χ1) is 13.3. The van der Waals surface area contributed by atoms with Crippen LogP contribution in [0.25, 0.3) is 0 Å². The molecule has 28 heavy (non-hydrogen) atoms. The van der Waals surface area contributed by atoms with Crippen molar-refractivity contribution >= 4 is 5.97 Å². The summed E-state index contributed by atoms with van der Waals surface area (Å²) in [5.41, 5.74) is 4.17. The molecule has 1 saturated heterocycles. The molecule has 3 aliphatic rings. The monoisotopic (exact) mass is 401 g/mol. The minimum Gasteiger partial charge on any atom is -0.475 e. The second-order valence-corrected chi connectivity index (χ2v) is 7.62. The number of alkyl halides is 3. The van der Waals surface area contributed by atoms with Gasteiger partial charge in [-0.25, -0.2) is 14.8 Å². The third kappa shape index (κ3) is 5.88. The van der Waals surface area contributed by atoms with Crippen molar-refractivity contribution in [2.75, 3.05) is 32.8 Å². The summed E-state index contributed by atoms with van der Waals surface area (Å²) >= 11 is 0. The van der Waals surface area contributed by atoms with E-state index in [2.05, 4.69) is 14.9 Å². The van der Waals surface area contributed by atoms with Gasteiger partial charge in [0.2, 0.25) is 0 Å². The molecule has 0 radical (unpaired) electrons. The highest BCUT2D eigenvalue weighted by Gasteiger charge is 2.38. The standard InChI is InChI=1S/C17H25N3O.C2HF3O2/c1-2-14(1)17-15-3-7-20(8-4-16(15)18-12-19-17)11-13-5-9-21-10-6-13;3-2(4,5)1(6)7/h12-14H,1-11H2;(H,6,7). The molecule has 2 fully saturated rings. The summed E-state index contributed by atoms with van der Waals surface area (Å²) in [5.74, 6) is -1.19. The molecule has 4 rings (SSSR count). The van der Waals surface area contributed by atoms with E-state index in [1.54, 1.807) is 6.33 Å². The van der Waals surface area contributed by atoms with Crippen molar-refractivity contribution in [3.8, 4) is 0 Å². The van der Waals surface area contributed by atoms with Gasteiger partial charge in [0.1, 0.15) is 6.33 Å². The first-order valence-electron chi connectivity index (χ1n) is 9.77. The number of ether oxygens (including phenoxy) is 1. The van der Waals surface area contributed by atoms with Crippen LogP contribution < -0.4 is 0 Å². The maximum absolute atomic E-state index is 10.6. The molecule has 1 aliphatic carbocycles. The number of rotatable bonds is 3. The molecule has 0 spiro atoms. The summed E-state index contributed by atoms with van der Waals surface area (Å²) in [7, 11) is 0. The lowest BCUT2D eigenvalue weighted by Crippen LogP contribution is -2.34. The molecule has 3 heterocycles. The third-order valence-corrected chi connectivity index (χ3v) is 5.47. The average molecular weight is 401 g/mol. The minimum atomic E-state index is -5.08. The van der Waals surface area contributed by atoms with Crippen LogP contribution in [-0.2, 0) is 22.4 Å². The molecule has 6 nitrogen and oxygen atoms in total. The van der Waals surface area contributed by atoms with E-state index in [1.165, 1.54) is 55.7 Å². The van der Waals surface area contributed by atoms with Gasteiger partial charge in [0.05, 0.1) is 5.69 Å². The van der Waals surface area contributed by atoms with Crippen LogP contribution in [0.15, 0.2) is 6.33 Å². The molecule has 1 aromatic heterocycles. The Morgan fingerprint density at radius 2 is 1.79 bits per heavy atom. The van der Waals surface area contributed by atoms with Gasteiger partial charge >= 0.3 is 12.1 Å². The van der Waals surface area contributed by atoms with Crippen molar-refractivity contribution in [1.29, 1.82) is 0 Å². The van der Waals surface area contributed by atoms with Crippen molar-refractivity contribution in [3.63, 3.8) is 0 Å². The molecule has 0 amide bonds. The molecular weight excluding hydrogens is 375 g/mol. The van der Waals surface area contributed by atoms with Gasteiger partial charge in [0.25, 0.3) is 0 Å². The van der Waals surface area contributed by atoms with Crippen molar-refractivity contribution in [2.45, 2.75) is 50.6 Å². The SMILES string of the molecule is O=C(O)C(F)(F)F.c1nc2c(c(C3CC3)n1)CCN(CC1CCOCC1)CC2. The number of fused-ring (bicyclic) bond motifs is 1. The number of carboxylic acid groups (broad SMARTS) is 1. The molecular formula is C19H26F3N3O3. The van der Waals surface area contributed by atoms with Gasteiger partial charge in [-0.3, -0.25) is 0 Å². The van der Waals surface area contributed by atoms with Gasteiger partial charge in [-0.1, -0.05) is 0 Å². The molecule has 156 valence electrons. The summed E-state index contributed by atoms with van der Waals surface area (Å²) in [6, 6.07) is 0. The van der Waals surface area contributed by atoms with Gasteiger partial charge in [-0.15, -0.1) is 0 Å². The van der Waals surface area contributed by atoms with Gasteiger partial charge < -0.3 is 14.7 Å². The lowest BCUT2D eigenvalue weighted by atomic mass is 9.99. The number of hydrogen-bond acceptors (Lipinski definition) is 5. The van der Waals surface area contributed by atoms with Gasteiger partial charge in [-0.2, -0.15) is 13.2 Å². The lowest BCUT2D eigenvalue weighted by molar-refractivity contribution is -0.192. The Morgan fingerprint density at radius 1 is 1.14 bits per heavy atom. The third-order valence-electron chi connectivity index (χ3n) is 5.47. The second-order valence-electron chi connectivity index (χ2n) is 7.62. The highest BCUT2D eigenvalue weighted by Crippen LogP contribution is 2.41. The summed E-state index contributed by atoms with van der Waals surface area (Å²) in [4.78, 5) is 20.7. The minimum absolute atomic E-state index is 0.740. The van der Waals surface area contributed by atoms with E-state index in [9.17, 15) is 13.2 Å². The maximum Gasteiger partial charge on any atom is 0.490 e. The molecule has 9 heteroatoms. The van der Waals surface area contributed by atoms with Crippen LogP contribution in [0, 0.1) is 5.92 Å². The van der Waals surface area contributed by atoms with E-state index >= 15 is 0 Å². The number of aromatic nitrogens is 2. The smallest absolute Gasteiger partial charge is 0.475 e. The Hall–Kier alpha value is -1.74.